The summed E-state index contributed by atoms with van der Waals surface area (Å²) in [5.74, 6) is 1.19. The van der Waals surface area contributed by atoms with Crippen LogP contribution in [0.2, 0.25) is 0 Å². The first-order chi connectivity index (χ1) is 6.48. The Labute approximate surface area is 86.7 Å². The molecule has 2 saturated heterocycles. The minimum atomic E-state index is 0.391. The highest BCUT2D eigenvalue weighted by Crippen LogP contribution is 2.39. The van der Waals surface area contributed by atoms with Crippen molar-refractivity contribution in [3.05, 3.63) is 0 Å². The van der Waals surface area contributed by atoms with Gasteiger partial charge in [0.25, 0.3) is 0 Å². The topological polar surface area (TPSA) is 20.3 Å². The van der Waals surface area contributed by atoms with E-state index in [4.69, 9.17) is 0 Å². The van der Waals surface area contributed by atoms with Crippen molar-refractivity contribution in [2.75, 3.05) is 6.54 Å². The molecule has 2 aliphatic rings. The van der Waals surface area contributed by atoms with Gasteiger partial charge in [-0.05, 0) is 30.6 Å². The Morgan fingerprint density at radius 1 is 1.29 bits per heavy atom. The quantitative estimate of drug-likeness (QED) is 0.581. The molecule has 0 spiro atoms. The Morgan fingerprint density at radius 3 is 2.64 bits per heavy atom. The fourth-order valence-corrected chi connectivity index (χ4v) is 2.87. The van der Waals surface area contributed by atoms with Crippen LogP contribution in [-0.4, -0.2) is 23.4 Å². The Hall–Kier alpha value is -0.530. The van der Waals surface area contributed by atoms with Gasteiger partial charge in [0.05, 0.1) is 0 Å². The van der Waals surface area contributed by atoms with E-state index in [9.17, 15) is 4.79 Å². The van der Waals surface area contributed by atoms with Crippen LogP contribution < -0.4 is 0 Å². The van der Waals surface area contributed by atoms with Crippen LogP contribution in [0.5, 0.6) is 0 Å². The number of rotatable bonds is 0. The molecule has 1 amide bonds. The minimum absolute atomic E-state index is 0.391. The second-order valence-electron chi connectivity index (χ2n) is 5.87. The van der Waals surface area contributed by atoms with Gasteiger partial charge in [-0.3, -0.25) is 4.79 Å². The van der Waals surface area contributed by atoms with E-state index in [1.54, 1.807) is 0 Å². The third kappa shape index (κ3) is 1.67. The van der Waals surface area contributed by atoms with Crippen molar-refractivity contribution in [3.63, 3.8) is 0 Å². The SMILES string of the molecule is CC(C)(C)C1CCN2C(=O)CCC2C1. The molecule has 0 saturated carbocycles. The van der Waals surface area contributed by atoms with Crippen molar-refractivity contribution in [1.82, 2.24) is 4.90 Å². The normalized spacial score (nSPS) is 33.4. The summed E-state index contributed by atoms with van der Waals surface area (Å²) in [5, 5.41) is 0. The van der Waals surface area contributed by atoms with Gasteiger partial charge in [-0.1, -0.05) is 20.8 Å². The first-order valence-electron chi connectivity index (χ1n) is 5.78. The van der Waals surface area contributed by atoms with Crippen LogP contribution in [0.1, 0.15) is 46.5 Å². The number of piperidine rings is 1. The van der Waals surface area contributed by atoms with Gasteiger partial charge in [0.1, 0.15) is 0 Å². The second kappa shape index (κ2) is 3.25. The summed E-state index contributed by atoms with van der Waals surface area (Å²) in [7, 11) is 0. The Bertz CT molecular complexity index is 241. The van der Waals surface area contributed by atoms with Crippen molar-refractivity contribution in [2.45, 2.75) is 52.5 Å². The van der Waals surface area contributed by atoms with Gasteiger partial charge < -0.3 is 4.90 Å². The van der Waals surface area contributed by atoms with E-state index in [-0.39, 0.29) is 0 Å². The number of fused-ring (bicyclic) bond motifs is 1. The number of nitrogens with zero attached hydrogens (tertiary/aromatic N) is 1. The predicted molar refractivity (Wildman–Crippen MR) is 56.9 cm³/mol. The number of amides is 1. The number of carbonyl (C=O) groups is 1. The summed E-state index contributed by atoms with van der Waals surface area (Å²) in [6.45, 7) is 7.98. The van der Waals surface area contributed by atoms with E-state index in [2.05, 4.69) is 25.7 Å². The highest BCUT2D eigenvalue weighted by molar-refractivity contribution is 5.78. The molecule has 0 aliphatic carbocycles. The molecule has 2 heterocycles. The van der Waals surface area contributed by atoms with Crippen LogP contribution in [0.4, 0.5) is 0 Å². The van der Waals surface area contributed by atoms with E-state index >= 15 is 0 Å². The molecule has 2 atom stereocenters. The van der Waals surface area contributed by atoms with Crippen LogP contribution in [0.15, 0.2) is 0 Å². The molecule has 0 aromatic heterocycles. The first kappa shape index (κ1) is 10.0. The Balaban J connectivity index is 2.03. The molecule has 2 unspecified atom stereocenters. The summed E-state index contributed by atoms with van der Waals surface area (Å²) < 4.78 is 0. The predicted octanol–water partition coefficient (Wildman–Crippen LogP) is 2.43. The fraction of sp³-hybridized carbons (Fsp3) is 0.917. The van der Waals surface area contributed by atoms with E-state index in [1.165, 1.54) is 12.8 Å². The number of hydrogen-bond acceptors (Lipinski definition) is 1. The zero-order valence-electron chi connectivity index (χ0n) is 9.55. The monoisotopic (exact) mass is 195 g/mol. The lowest BCUT2D eigenvalue weighted by molar-refractivity contribution is -0.130. The highest BCUT2D eigenvalue weighted by atomic mass is 16.2. The van der Waals surface area contributed by atoms with Gasteiger partial charge in [-0.15, -0.1) is 0 Å². The molecule has 0 aromatic carbocycles. The van der Waals surface area contributed by atoms with Crippen molar-refractivity contribution < 1.29 is 4.79 Å². The average Bonchev–Trinajstić information content (AvgIpc) is 2.46. The molecule has 0 aromatic rings. The fourth-order valence-electron chi connectivity index (χ4n) is 2.87. The van der Waals surface area contributed by atoms with Crippen molar-refractivity contribution in [1.29, 1.82) is 0 Å². The summed E-state index contributed by atoms with van der Waals surface area (Å²) in [6.07, 6.45) is 4.33. The zero-order valence-corrected chi connectivity index (χ0v) is 9.55. The molecular weight excluding hydrogens is 174 g/mol. The maximum Gasteiger partial charge on any atom is 0.222 e. The van der Waals surface area contributed by atoms with Crippen molar-refractivity contribution in [3.8, 4) is 0 Å². The molecule has 2 nitrogen and oxygen atoms in total. The van der Waals surface area contributed by atoms with Crippen LogP contribution >= 0.6 is 0 Å². The molecular formula is C12H21NO. The van der Waals surface area contributed by atoms with E-state index < -0.39 is 0 Å². The standard InChI is InChI=1S/C12H21NO/c1-12(2,3)9-6-7-13-10(8-9)4-5-11(13)14/h9-10H,4-8H2,1-3H3. The molecule has 80 valence electrons. The molecule has 0 radical (unpaired) electrons. The van der Waals surface area contributed by atoms with Gasteiger partial charge >= 0.3 is 0 Å². The molecule has 2 rings (SSSR count). The van der Waals surface area contributed by atoms with Crippen molar-refractivity contribution >= 4 is 5.91 Å². The maximum atomic E-state index is 11.5. The van der Waals surface area contributed by atoms with E-state index in [0.29, 0.717) is 17.4 Å². The summed E-state index contributed by atoms with van der Waals surface area (Å²) >= 11 is 0. The van der Waals surface area contributed by atoms with Gasteiger partial charge in [0.15, 0.2) is 0 Å². The van der Waals surface area contributed by atoms with Gasteiger partial charge in [0, 0.05) is 19.0 Å². The summed E-state index contributed by atoms with van der Waals surface area (Å²) in [4.78, 5) is 13.6. The Morgan fingerprint density at radius 2 is 2.00 bits per heavy atom. The highest BCUT2D eigenvalue weighted by Gasteiger charge is 2.39. The van der Waals surface area contributed by atoms with Crippen molar-refractivity contribution in [2.24, 2.45) is 11.3 Å². The van der Waals surface area contributed by atoms with Crippen LogP contribution in [-0.2, 0) is 4.79 Å². The van der Waals surface area contributed by atoms with E-state index in [0.717, 1.165) is 25.3 Å². The lowest BCUT2D eigenvalue weighted by Gasteiger charge is -2.41. The third-order valence-corrected chi connectivity index (χ3v) is 3.95. The molecule has 14 heavy (non-hydrogen) atoms. The molecule has 2 heteroatoms. The van der Waals surface area contributed by atoms with Crippen LogP contribution in [0, 0.1) is 11.3 Å². The Kier molecular flexibility index (Phi) is 2.32. The minimum Gasteiger partial charge on any atom is -0.340 e. The molecule has 2 aliphatic heterocycles. The van der Waals surface area contributed by atoms with E-state index in [1.807, 2.05) is 0 Å². The first-order valence-corrected chi connectivity index (χ1v) is 5.78. The lowest BCUT2D eigenvalue weighted by atomic mass is 9.73. The average molecular weight is 195 g/mol. The second-order valence-corrected chi connectivity index (χ2v) is 5.87. The lowest BCUT2D eigenvalue weighted by Crippen LogP contribution is -2.43. The zero-order chi connectivity index (χ0) is 10.3. The molecule has 0 N–H and O–H groups in total. The summed E-state index contributed by atoms with van der Waals surface area (Å²) in [5.41, 5.74) is 0.414. The largest absolute Gasteiger partial charge is 0.340 e. The van der Waals surface area contributed by atoms with Gasteiger partial charge in [-0.2, -0.15) is 0 Å². The molecule has 0 bridgehead atoms. The summed E-state index contributed by atoms with van der Waals surface area (Å²) in [6, 6.07) is 0.570. The van der Waals surface area contributed by atoms with Gasteiger partial charge in [-0.25, -0.2) is 0 Å². The smallest absolute Gasteiger partial charge is 0.222 e. The number of carbonyl (C=O) groups excluding carboxylic acids is 1. The molecule has 2 fully saturated rings. The van der Waals surface area contributed by atoms with Crippen LogP contribution in [0.3, 0.4) is 0 Å². The van der Waals surface area contributed by atoms with Gasteiger partial charge in [0.2, 0.25) is 5.91 Å². The number of hydrogen-bond donors (Lipinski definition) is 0. The maximum absolute atomic E-state index is 11.5. The van der Waals surface area contributed by atoms with Crippen LogP contribution in [0.25, 0.3) is 0 Å². The third-order valence-electron chi connectivity index (χ3n) is 3.95.